The van der Waals surface area contributed by atoms with Crippen molar-refractivity contribution in [1.82, 2.24) is 0 Å². The van der Waals surface area contributed by atoms with Crippen LogP contribution in [0.1, 0.15) is 61.6 Å². The Hall–Kier alpha value is -1.08. The van der Waals surface area contributed by atoms with Crippen LogP contribution in [0.4, 0.5) is 0 Å². The van der Waals surface area contributed by atoms with Crippen LogP contribution < -0.4 is 0 Å². The summed E-state index contributed by atoms with van der Waals surface area (Å²) in [7, 11) is 0. The Morgan fingerprint density at radius 2 is 2.10 bits per heavy atom. The van der Waals surface area contributed by atoms with E-state index in [9.17, 15) is 5.11 Å². The predicted molar refractivity (Wildman–Crippen MR) is 87.2 cm³/mol. The molecule has 1 aromatic rings. The number of aryl methyl sites for hydroxylation is 1. The lowest BCUT2D eigenvalue weighted by atomic mass is 9.55. The smallest absolute Gasteiger partial charge is 0.0596 e. The molecule has 0 aromatic heterocycles. The summed E-state index contributed by atoms with van der Waals surface area (Å²) in [6.07, 6.45) is 9.13. The van der Waals surface area contributed by atoms with E-state index in [2.05, 4.69) is 31.7 Å². The van der Waals surface area contributed by atoms with E-state index in [-0.39, 0.29) is 11.5 Å². The Labute approximate surface area is 128 Å². The lowest BCUT2D eigenvalue weighted by Crippen LogP contribution is -2.43. The van der Waals surface area contributed by atoms with Crippen molar-refractivity contribution in [1.29, 1.82) is 0 Å². The second-order valence-corrected chi connectivity index (χ2v) is 7.72. The maximum absolute atomic E-state index is 10.4. The van der Waals surface area contributed by atoms with Gasteiger partial charge in [0, 0.05) is 0 Å². The summed E-state index contributed by atoms with van der Waals surface area (Å²) in [6, 6.07) is 6.93. The van der Waals surface area contributed by atoms with Gasteiger partial charge in [0.2, 0.25) is 0 Å². The van der Waals surface area contributed by atoms with Gasteiger partial charge in [-0.2, -0.15) is 0 Å². The number of hydrogen-bond donors (Lipinski definition) is 1. The van der Waals surface area contributed by atoms with Gasteiger partial charge < -0.3 is 5.11 Å². The van der Waals surface area contributed by atoms with E-state index in [1.54, 1.807) is 11.1 Å². The fourth-order valence-electron chi connectivity index (χ4n) is 5.70. The molecule has 112 valence electrons. The monoisotopic (exact) mass is 282 g/mol. The Kier molecular flexibility index (Phi) is 3.04. The number of hydrogen-bond acceptors (Lipinski definition) is 1. The summed E-state index contributed by atoms with van der Waals surface area (Å²) in [4.78, 5) is 0. The quantitative estimate of drug-likeness (QED) is 0.801. The number of rotatable bonds is 1. The van der Waals surface area contributed by atoms with E-state index in [4.69, 9.17) is 0 Å². The first kappa shape index (κ1) is 13.6. The molecule has 0 unspecified atom stereocenters. The average Bonchev–Trinajstić information content (AvgIpc) is 2.82. The summed E-state index contributed by atoms with van der Waals surface area (Å²) in [5.74, 6) is 2.26. The molecular weight excluding hydrogens is 256 g/mol. The zero-order chi connectivity index (χ0) is 14.6. The van der Waals surface area contributed by atoms with Crippen molar-refractivity contribution < 1.29 is 5.11 Å². The fourth-order valence-corrected chi connectivity index (χ4v) is 5.70. The standard InChI is InChI=1S/C20H26O/c1-3-13-4-6-15-14(12-13)5-7-17-16(15)10-11-20(2)18(17)8-9-19(20)21/h3-4,6,12,16-19,21H,1,5,7-11H2,2H3/t16-,17-,18+,19+,20+/m1/s1. The molecule has 1 heteroatoms. The van der Waals surface area contributed by atoms with Gasteiger partial charge in [0.05, 0.1) is 6.10 Å². The van der Waals surface area contributed by atoms with E-state index in [1.165, 1.54) is 37.7 Å². The van der Waals surface area contributed by atoms with Gasteiger partial charge in [-0.05, 0) is 78.4 Å². The first-order valence-electron chi connectivity index (χ1n) is 8.57. The molecular formula is C20H26O. The minimum absolute atomic E-state index is 0.0620. The molecule has 1 aromatic carbocycles. The van der Waals surface area contributed by atoms with Crippen molar-refractivity contribution in [2.75, 3.05) is 0 Å². The maximum Gasteiger partial charge on any atom is 0.0596 e. The highest BCUT2D eigenvalue weighted by molar-refractivity contribution is 5.51. The third-order valence-electron chi connectivity index (χ3n) is 6.94. The van der Waals surface area contributed by atoms with Gasteiger partial charge in [-0.25, -0.2) is 0 Å². The summed E-state index contributed by atoms with van der Waals surface area (Å²) in [5.41, 5.74) is 4.60. The van der Waals surface area contributed by atoms with Gasteiger partial charge >= 0.3 is 0 Å². The van der Waals surface area contributed by atoms with Crippen molar-refractivity contribution in [3.05, 3.63) is 41.5 Å². The molecule has 3 aliphatic rings. The molecule has 4 rings (SSSR count). The van der Waals surface area contributed by atoms with Crippen LogP contribution >= 0.6 is 0 Å². The molecule has 2 fully saturated rings. The normalized spacial score (nSPS) is 41.0. The van der Waals surface area contributed by atoms with Crippen molar-refractivity contribution >= 4 is 6.08 Å². The van der Waals surface area contributed by atoms with E-state index in [0.29, 0.717) is 0 Å². The van der Waals surface area contributed by atoms with Crippen LogP contribution in [0.3, 0.4) is 0 Å². The molecule has 0 spiro atoms. The average molecular weight is 282 g/mol. The molecule has 0 radical (unpaired) electrons. The predicted octanol–water partition coefficient (Wildman–Crippen LogP) is 4.55. The summed E-state index contributed by atoms with van der Waals surface area (Å²) < 4.78 is 0. The molecule has 0 bridgehead atoms. The van der Waals surface area contributed by atoms with Crippen LogP contribution in [-0.2, 0) is 6.42 Å². The van der Waals surface area contributed by atoms with Crippen molar-refractivity contribution in [2.24, 2.45) is 17.3 Å². The van der Waals surface area contributed by atoms with E-state index < -0.39 is 0 Å². The summed E-state index contributed by atoms with van der Waals surface area (Å²) in [5, 5.41) is 10.4. The van der Waals surface area contributed by atoms with Gasteiger partial charge in [-0.1, -0.05) is 37.8 Å². The molecule has 0 aliphatic heterocycles. The first-order valence-corrected chi connectivity index (χ1v) is 8.57. The zero-order valence-electron chi connectivity index (χ0n) is 13.0. The number of fused-ring (bicyclic) bond motifs is 5. The Bertz CT molecular complexity index is 575. The number of benzene rings is 1. The molecule has 2 saturated carbocycles. The van der Waals surface area contributed by atoms with Crippen LogP contribution in [0.2, 0.25) is 0 Å². The highest BCUT2D eigenvalue weighted by atomic mass is 16.3. The van der Waals surface area contributed by atoms with Crippen LogP contribution in [0.25, 0.3) is 6.08 Å². The van der Waals surface area contributed by atoms with E-state index in [0.717, 1.165) is 24.2 Å². The SMILES string of the molecule is C=Cc1ccc2c(c1)CC[C@@H]1[C@@H]2CC[C@]2(C)[C@@H](O)CC[C@@H]12. The minimum Gasteiger partial charge on any atom is -0.393 e. The second kappa shape index (κ2) is 4.71. The molecule has 1 N–H and O–H groups in total. The van der Waals surface area contributed by atoms with Gasteiger partial charge in [-0.15, -0.1) is 0 Å². The summed E-state index contributed by atoms with van der Waals surface area (Å²) in [6.45, 7) is 6.24. The third kappa shape index (κ3) is 1.86. The van der Waals surface area contributed by atoms with Gasteiger partial charge in [0.25, 0.3) is 0 Å². The van der Waals surface area contributed by atoms with Crippen LogP contribution in [-0.4, -0.2) is 11.2 Å². The van der Waals surface area contributed by atoms with Crippen molar-refractivity contribution in [2.45, 2.75) is 57.5 Å². The van der Waals surface area contributed by atoms with Crippen molar-refractivity contribution in [3.63, 3.8) is 0 Å². The second-order valence-electron chi connectivity index (χ2n) is 7.72. The van der Waals surface area contributed by atoms with Gasteiger partial charge in [0.15, 0.2) is 0 Å². The molecule has 1 nitrogen and oxygen atoms in total. The maximum atomic E-state index is 10.4. The largest absolute Gasteiger partial charge is 0.393 e. The number of aliphatic hydroxyl groups excluding tert-OH is 1. The van der Waals surface area contributed by atoms with Crippen molar-refractivity contribution in [3.8, 4) is 0 Å². The zero-order valence-corrected chi connectivity index (χ0v) is 13.0. The Morgan fingerprint density at radius 1 is 1.24 bits per heavy atom. The van der Waals surface area contributed by atoms with Crippen LogP contribution in [0.15, 0.2) is 24.8 Å². The van der Waals surface area contributed by atoms with Gasteiger partial charge in [0.1, 0.15) is 0 Å². The first-order chi connectivity index (χ1) is 10.1. The molecule has 21 heavy (non-hydrogen) atoms. The Balaban J connectivity index is 1.70. The topological polar surface area (TPSA) is 20.2 Å². The lowest BCUT2D eigenvalue weighted by molar-refractivity contribution is -0.0226. The van der Waals surface area contributed by atoms with Gasteiger partial charge in [-0.3, -0.25) is 0 Å². The van der Waals surface area contributed by atoms with E-state index in [1.807, 2.05) is 6.08 Å². The summed E-state index contributed by atoms with van der Waals surface area (Å²) >= 11 is 0. The molecule has 0 saturated heterocycles. The number of aliphatic hydroxyl groups is 1. The van der Waals surface area contributed by atoms with Crippen LogP contribution in [0, 0.1) is 17.3 Å². The molecule has 0 amide bonds. The molecule has 0 heterocycles. The Morgan fingerprint density at radius 3 is 2.90 bits per heavy atom. The fraction of sp³-hybridized carbons (Fsp3) is 0.600. The lowest BCUT2D eigenvalue weighted by Gasteiger charge is -2.50. The van der Waals surface area contributed by atoms with Crippen LogP contribution in [0.5, 0.6) is 0 Å². The minimum atomic E-state index is -0.0620. The van der Waals surface area contributed by atoms with E-state index >= 15 is 0 Å². The molecule has 5 atom stereocenters. The molecule has 3 aliphatic carbocycles. The third-order valence-corrected chi connectivity index (χ3v) is 6.94. The highest BCUT2D eigenvalue weighted by Crippen LogP contribution is 2.60. The highest BCUT2D eigenvalue weighted by Gasteiger charge is 2.54.